The normalized spacial score (nSPS) is 17.0. The summed E-state index contributed by atoms with van der Waals surface area (Å²) in [5.41, 5.74) is 3.09. The van der Waals surface area contributed by atoms with Gasteiger partial charge in [-0.25, -0.2) is 4.98 Å². The van der Waals surface area contributed by atoms with E-state index in [-0.39, 0.29) is 0 Å². The molecule has 1 fully saturated rings. The predicted molar refractivity (Wildman–Crippen MR) is 112 cm³/mol. The van der Waals surface area contributed by atoms with Gasteiger partial charge in [-0.2, -0.15) is 0 Å². The Kier molecular flexibility index (Phi) is 5.56. The van der Waals surface area contributed by atoms with Gasteiger partial charge in [0.05, 0.1) is 12.2 Å². The lowest BCUT2D eigenvalue weighted by Gasteiger charge is -2.20. The number of rotatable bonds is 5. The van der Waals surface area contributed by atoms with Crippen LogP contribution >= 0.6 is 0 Å². The number of nitrogens with one attached hydrogen (secondary N) is 2. The van der Waals surface area contributed by atoms with Gasteiger partial charge < -0.3 is 20.0 Å². The van der Waals surface area contributed by atoms with Crippen LogP contribution in [0.15, 0.2) is 76.3 Å². The highest BCUT2D eigenvalue weighted by atomic mass is 16.3. The number of aliphatic imine (C=N–C) groups is 1. The van der Waals surface area contributed by atoms with Crippen LogP contribution in [-0.4, -0.2) is 37.1 Å². The zero-order valence-corrected chi connectivity index (χ0v) is 16.0. The monoisotopic (exact) mass is 375 g/mol. The van der Waals surface area contributed by atoms with E-state index < -0.39 is 0 Å². The molecule has 0 saturated carbocycles. The minimum absolute atomic E-state index is 0.364. The molecule has 3 aromatic rings. The van der Waals surface area contributed by atoms with Gasteiger partial charge >= 0.3 is 0 Å². The van der Waals surface area contributed by atoms with E-state index in [0.717, 1.165) is 36.7 Å². The number of benzene rings is 2. The molecule has 0 aliphatic carbocycles. The Labute approximate surface area is 165 Å². The zero-order valence-electron chi connectivity index (χ0n) is 16.0. The number of oxazole rings is 1. The molecule has 2 aromatic carbocycles. The van der Waals surface area contributed by atoms with Crippen LogP contribution in [0.3, 0.4) is 0 Å². The third kappa shape index (κ3) is 4.34. The van der Waals surface area contributed by atoms with E-state index in [9.17, 15) is 0 Å². The minimum Gasteiger partial charge on any atom is -0.444 e. The van der Waals surface area contributed by atoms with E-state index in [0.29, 0.717) is 18.5 Å². The zero-order chi connectivity index (χ0) is 19.2. The summed E-state index contributed by atoms with van der Waals surface area (Å²) in [6, 6.07) is 20.8. The quantitative estimate of drug-likeness (QED) is 0.529. The predicted octanol–water partition coefficient (Wildman–Crippen LogP) is 3.29. The van der Waals surface area contributed by atoms with E-state index in [2.05, 4.69) is 49.8 Å². The molecule has 1 unspecified atom stereocenters. The number of hydrogen-bond acceptors (Lipinski definition) is 4. The standard InChI is InChI=1S/C22H25N5O/c1-23-22(26-18-12-13-27(15-18)20-10-6-3-7-11-20)24-14-19-16-28-21(25-19)17-8-4-2-5-9-17/h2-11,16,18H,12-15H2,1H3,(H2,23,24,26). The first kappa shape index (κ1) is 18.1. The van der Waals surface area contributed by atoms with E-state index in [1.807, 2.05) is 36.4 Å². The summed E-state index contributed by atoms with van der Waals surface area (Å²) in [4.78, 5) is 11.3. The molecule has 0 radical (unpaired) electrons. The van der Waals surface area contributed by atoms with Gasteiger partial charge in [-0.15, -0.1) is 0 Å². The first-order valence-electron chi connectivity index (χ1n) is 9.59. The lowest BCUT2D eigenvalue weighted by molar-refractivity contribution is 0.572. The van der Waals surface area contributed by atoms with Crippen LogP contribution in [0.25, 0.3) is 11.5 Å². The SMILES string of the molecule is CN=C(NCc1coc(-c2ccccc2)n1)NC1CCN(c2ccccc2)C1. The first-order chi connectivity index (χ1) is 13.8. The van der Waals surface area contributed by atoms with Gasteiger partial charge in [-0.05, 0) is 30.7 Å². The Morgan fingerprint density at radius 1 is 1.14 bits per heavy atom. The number of nitrogens with zero attached hydrogens (tertiary/aromatic N) is 3. The van der Waals surface area contributed by atoms with E-state index in [1.54, 1.807) is 13.3 Å². The molecular formula is C22H25N5O. The Morgan fingerprint density at radius 3 is 2.64 bits per heavy atom. The average molecular weight is 375 g/mol. The Bertz CT molecular complexity index is 907. The van der Waals surface area contributed by atoms with Crippen molar-refractivity contribution >= 4 is 11.6 Å². The molecule has 1 saturated heterocycles. The first-order valence-corrected chi connectivity index (χ1v) is 9.59. The Balaban J connectivity index is 1.29. The second kappa shape index (κ2) is 8.61. The Morgan fingerprint density at radius 2 is 1.89 bits per heavy atom. The molecule has 0 bridgehead atoms. The molecule has 28 heavy (non-hydrogen) atoms. The molecule has 2 heterocycles. The second-order valence-corrected chi connectivity index (χ2v) is 6.85. The molecule has 6 nitrogen and oxygen atoms in total. The average Bonchev–Trinajstić information content (AvgIpc) is 3.42. The lowest BCUT2D eigenvalue weighted by atomic mass is 10.2. The summed E-state index contributed by atoms with van der Waals surface area (Å²) in [6.45, 7) is 2.57. The summed E-state index contributed by atoms with van der Waals surface area (Å²) < 4.78 is 5.60. The van der Waals surface area contributed by atoms with Gasteiger partial charge in [0.25, 0.3) is 0 Å². The van der Waals surface area contributed by atoms with Crippen molar-refractivity contribution < 1.29 is 4.42 Å². The lowest BCUT2D eigenvalue weighted by Crippen LogP contribution is -2.44. The number of guanidine groups is 1. The van der Waals surface area contributed by atoms with Crippen LogP contribution in [0.1, 0.15) is 12.1 Å². The van der Waals surface area contributed by atoms with Crippen molar-refractivity contribution in [2.75, 3.05) is 25.0 Å². The highest BCUT2D eigenvalue weighted by Crippen LogP contribution is 2.20. The third-order valence-corrected chi connectivity index (χ3v) is 4.88. The molecule has 1 atom stereocenters. The van der Waals surface area contributed by atoms with Crippen molar-refractivity contribution in [2.24, 2.45) is 4.99 Å². The molecule has 1 aromatic heterocycles. The van der Waals surface area contributed by atoms with Gasteiger partial charge in [-0.3, -0.25) is 4.99 Å². The Hall–Kier alpha value is -3.28. The van der Waals surface area contributed by atoms with Crippen LogP contribution in [-0.2, 0) is 6.54 Å². The number of hydrogen-bond donors (Lipinski definition) is 2. The third-order valence-electron chi connectivity index (χ3n) is 4.88. The van der Waals surface area contributed by atoms with Crippen molar-refractivity contribution in [3.05, 3.63) is 72.6 Å². The minimum atomic E-state index is 0.364. The maximum Gasteiger partial charge on any atom is 0.226 e. The molecule has 0 spiro atoms. The van der Waals surface area contributed by atoms with E-state index in [1.165, 1.54) is 5.69 Å². The second-order valence-electron chi connectivity index (χ2n) is 6.85. The highest BCUT2D eigenvalue weighted by Gasteiger charge is 2.23. The number of para-hydroxylation sites is 1. The summed E-state index contributed by atoms with van der Waals surface area (Å²) in [6.07, 6.45) is 2.77. The van der Waals surface area contributed by atoms with Crippen LogP contribution < -0.4 is 15.5 Å². The molecular weight excluding hydrogens is 350 g/mol. The fourth-order valence-corrected chi connectivity index (χ4v) is 3.42. The molecule has 1 aliphatic rings. The van der Waals surface area contributed by atoms with Crippen LogP contribution in [0, 0.1) is 0 Å². The largest absolute Gasteiger partial charge is 0.444 e. The smallest absolute Gasteiger partial charge is 0.226 e. The number of anilines is 1. The van der Waals surface area contributed by atoms with Crippen LogP contribution in [0.2, 0.25) is 0 Å². The van der Waals surface area contributed by atoms with Gasteiger partial charge in [0, 0.05) is 37.4 Å². The maximum absolute atomic E-state index is 5.60. The molecule has 2 N–H and O–H groups in total. The molecule has 1 aliphatic heterocycles. The topological polar surface area (TPSA) is 65.7 Å². The summed E-state index contributed by atoms with van der Waals surface area (Å²) in [5, 5.41) is 6.84. The van der Waals surface area contributed by atoms with Crippen molar-refractivity contribution in [1.82, 2.24) is 15.6 Å². The molecule has 0 amide bonds. The van der Waals surface area contributed by atoms with E-state index in [4.69, 9.17) is 4.42 Å². The fourth-order valence-electron chi connectivity index (χ4n) is 3.42. The fraction of sp³-hybridized carbons (Fsp3) is 0.273. The number of aromatic nitrogens is 1. The molecule has 144 valence electrons. The van der Waals surface area contributed by atoms with Gasteiger partial charge in [0.2, 0.25) is 5.89 Å². The summed E-state index contributed by atoms with van der Waals surface area (Å²) in [5.74, 6) is 1.42. The van der Waals surface area contributed by atoms with Crippen molar-refractivity contribution in [3.8, 4) is 11.5 Å². The molecule has 4 rings (SSSR count). The van der Waals surface area contributed by atoms with Gasteiger partial charge in [-0.1, -0.05) is 36.4 Å². The highest BCUT2D eigenvalue weighted by molar-refractivity contribution is 5.80. The molecule has 6 heteroatoms. The van der Waals surface area contributed by atoms with Crippen LogP contribution in [0.4, 0.5) is 5.69 Å². The van der Waals surface area contributed by atoms with Crippen LogP contribution in [0.5, 0.6) is 0 Å². The van der Waals surface area contributed by atoms with Gasteiger partial charge in [0.15, 0.2) is 5.96 Å². The van der Waals surface area contributed by atoms with Crippen molar-refractivity contribution in [2.45, 2.75) is 19.0 Å². The van der Waals surface area contributed by atoms with Crippen molar-refractivity contribution in [1.29, 1.82) is 0 Å². The summed E-state index contributed by atoms with van der Waals surface area (Å²) >= 11 is 0. The van der Waals surface area contributed by atoms with E-state index >= 15 is 0 Å². The van der Waals surface area contributed by atoms with Crippen molar-refractivity contribution in [3.63, 3.8) is 0 Å². The van der Waals surface area contributed by atoms with Gasteiger partial charge in [0.1, 0.15) is 6.26 Å². The maximum atomic E-state index is 5.60. The summed E-state index contributed by atoms with van der Waals surface area (Å²) in [7, 11) is 1.79.